The van der Waals surface area contributed by atoms with Crippen LogP contribution in [0.5, 0.6) is 0 Å². The van der Waals surface area contributed by atoms with Gasteiger partial charge in [0.15, 0.2) is 5.13 Å². The molecule has 10 heteroatoms. The normalized spacial score (nSPS) is 14.4. The molecule has 2 heterocycles. The minimum atomic E-state index is -0.415. The number of likely N-dealkylation sites (tertiary alicyclic amines) is 1. The number of anilines is 2. The molecule has 1 aromatic carbocycles. The van der Waals surface area contributed by atoms with E-state index in [2.05, 4.69) is 15.6 Å². The van der Waals surface area contributed by atoms with Gasteiger partial charge in [-0.2, -0.15) is 0 Å². The quantitative estimate of drug-likeness (QED) is 0.646. The largest absolute Gasteiger partial charge is 0.369 e. The zero-order chi connectivity index (χ0) is 20.8. The van der Waals surface area contributed by atoms with Gasteiger partial charge in [-0.3, -0.25) is 14.9 Å². The van der Waals surface area contributed by atoms with Crippen LogP contribution in [-0.4, -0.2) is 40.8 Å². The maximum absolute atomic E-state index is 12.4. The van der Waals surface area contributed by atoms with Crippen LogP contribution in [-0.2, 0) is 16.0 Å². The van der Waals surface area contributed by atoms with E-state index in [0.717, 1.165) is 5.69 Å². The average Bonchev–Trinajstić information content (AvgIpc) is 3.13. The Bertz CT molecular complexity index is 895. The minimum absolute atomic E-state index is 0.0362. The maximum Gasteiger partial charge on any atom is 0.325 e. The Labute approximate surface area is 177 Å². The lowest BCUT2D eigenvalue weighted by atomic mass is 9.96. The number of piperidine rings is 1. The van der Waals surface area contributed by atoms with E-state index in [1.54, 1.807) is 29.2 Å². The van der Waals surface area contributed by atoms with Crippen molar-refractivity contribution >= 4 is 51.6 Å². The number of nitrogens with zero attached hydrogens (tertiary/aromatic N) is 2. The lowest BCUT2D eigenvalue weighted by Crippen LogP contribution is -2.41. The second-order valence-corrected chi connectivity index (χ2v) is 8.09. The first-order chi connectivity index (χ1) is 13.9. The minimum Gasteiger partial charge on any atom is -0.369 e. The first-order valence-corrected chi connectivity index (χ1v) is 10.5. The zero-order valence-corrected chi connectivity index (χ0v) is 17.3. The highest BCUT2D eigenvalue weighted by Gasteiger charge is 2.25. The van der Waals surface area contributed by atoms with Gasteiger partial charge in [0.2, 0.25) is 11.8 Å². The number of carbonyl (C=O) groups excluding carboxylic acids is 3. The summed E-state index contributed by atoms with van der Waals surface area (Å²) in [6, 6.07) is 6.43. The number of aryl methyl sites for hydroxylation is 1. The number of hydrogen-bond acceptors (Lipinski definition) is 5. The molecule has 0 spiro atoms. The van der Waals surface area contributed by atoms with Gasteiger partial charge < -0.3 is 16.0 Å². The fourth-order valence-corrected chi connectivity index (χ4v) is 4.04. The summed E-state index contributed by atoms with van der Waals surface area (Å²) in [6.07, 6.45) is 2.06. The lowest BCUT2D eigenvalue weighted by Gasteiger charge is -2.30. The second kappa shape index (κ2) is 9.71. The number of rotatable bonds is 6. The van der Waals surface area contributed by atoms with Gasteiger partial charge in [-0.1, -0.05) is 17.7 Å². The van der Waals surface area contributed by atoms with E-state index in [-0.39, 0.29) is 17.7 Å². The highest BCUT2D eigenvalue weighted by molar-refractivity contribution is 7.13. The number of carbonyl (C=O) groups is 3. The van der Waals surface area contributed by atoms with Crippen LogP contribution in [0.1, 0.15) is 25.0 Å². The van der Waals surface area contributed by atoms with E-state index < -0.39 is 6.03 Å². The molecule has 1 aliphatic heterocycles. The lowest BCUT2D eigenvalue weighted by molar-refractivity contribution is -0.134. The average molecular weight is 436 g/mol. The number of urea groups is 1. The number of primary amides is 1. The number of nitrogens with two attached hydrogens (primary N) is 1. The van der Waals surface area contributed by atoms with Crippen LogP contribution in [0.25, 0.3) is 0 Å². The molecular weight excluding hydrogens is 414 g/mol. The predicted molar refractivity (Wildman–Crippen MR) is 113 cm³/mol. The Hall–Kier alpha value is -2.65. The van der Waals surface area contributed by atoms with Gasteiger partial charge >= 0.3 is 6.03 Å². The standard InChI is InChI=1S/C19H22ClN5O3S/c20-13-2-1-3-14(10-13)22-18(28)24-19-23-15(11-29-19)4-5-16(26)25-8-6-12(7-9-25)17(21)27/h1-3,10-12H,4-9H2,(H2,21,27)(H2,22,23,24,28). The third-order valence-corrected chi connectivity index (χ3v) is 5.74. The van der Waals surface area contributed by atoms with Crippen molar-refractivity contribution in [1.82, 2.24) is 9.88 Å². The van der Waals surface area contributed by atoms with Crippen molar-refractivity contribution in [3.63, 3.8) is 0 Å². The second-order valence-electron chi connectivity index (χ2n) is 6.79. The van der Waals surface area contributed by atoms with E-state index in [1.165, 1.54) is 11.3 Å². The molecule has 0 unspecified atom stereocenters. The molecule has 1 fully saturated rings. The SMILES string of the molecule is NC(=O)C1CCN(C(=O)CCc2csc(NC(=O)Nc3cccc(Cl)c3)n2)CC1. The monoisotopic (exact) mass is 435 g/mol. The summed E-state index contributed by atoms with van der Waals surface area (Å²) in [7, 11) is 0. The van der Waals surface area contributed by atoms with Gasteiger partial charge in [-0.25, -0.2) is 9.78 Å². The third-order valence-electron chi connectivity index (χ3n) is 4.70. The number of hydrogen-bond donors (Lipinski definition) is 3. The van der Waals surface area contributed by atoms with Crippen LogP contribution in [0, 0.1) is 5.92 Å². The zero-order valence-electron chi connectivity index (χ0n) is 15.7. The summed E-state index contributed by atoms with van der Waals surface area (Å²) >= 11 is 7.19. The molecule has 8 nitrogen and oxygen atoms in total. The summed E-state index contributed by atoms with van der Waals surface area (Å²) in [6.45, 7) is 1.11. The number of amides is 4. The molecule has 3 rings (SSSR count). The number of aromatic nitrogens is 1. The van der Waals surface area contributed by atoms with E-state index in [0.29, 0.717) is 54.6 Å². The number of nitrogens with one attached hydrogen (secondary N) is 2. The van der Waals surface area contributed by atoms with E-state index in [9.17, 15) is 14.4 Å². The summed E-state index contributed by atoms with van der Waals surface area (Å²) in [5.74, 6) is -0.391. The van der Waals surface area contributed by atoms with Crippen molar-refractivity contribution in [3.05, 3.63) is 40.4 Å². The molecule has 1 saturated heterocycles. The van der Waals surface area contributed by atoms with Gasteiger partial charge in [0.1, 0.15) is 0 Å². The predicted octanol–water partition coefficient (Wildman–Crippen LogP) is 3.10. The third kappa shape index (κ3) is 6.16. The Morgan fingerprint density at radius 3 is 2.69 bits per heavy atom. The molecule has 0 atom stereocenters. The first-order valence-electron chi connectivity index (χ1n) is 9.26. The van der Waals surface area contributed by atoms with E-state index in [1.807, 2.05) is 5.38 Å². The van der Waals surface area contributed by atoms with Crippen molar-refractivity contribution in [2.75, 3.05) is 23.7 Å². The highest BCUT2D eigenvalue weighted by Crippen LogP contribution is 2.20. The smallest absolute Gasteiger partial charge is 0.325 e. The molecular formula is C19H22ClN5O3S. The van der Waals surface area contributed by atoms with Crippen LogP contribution >= 0.6 is 22.9 Å². The van der Waals surface area contributed by atoms with Gasteiger partial charge in [0, 0.05) is 41.5 Å². The molecule has 0 saturated carbocycles. The molecule has 4 amide bonds. The first kappa shape index (κ1) is 21.1. The van der Waals surface area contributed by atoms with Crippen LogP contribution in [0.3, 0.4) is 0 Å². The van der Waals surface area contributed by atoms with E-state index in [4.69, 9.17) is 17.3 Å². The molecule has 2 aromatic rings. The van der Waals surface area contributed by atoms with Gasteiger partial charge in [-0.05, 0) is 37.5 Å². The van der Waals surface area contributed by atoms with Crippen molar-refractivity contribution in [3.8, 4) is 0 Å². The number of thiazole rings is 1. The van der Waals surface area contributed by atoms with E-state index >= 15 is 0 Å². The summed E-state index contributed by atoms with van der Waals surface area (Å²) < 4.78 is 0. The van der Waals surface area contributed by atoms with Crippen molar-refractivity contribution < 1.29 is 14.4 Å². The maximum atomic E-state index is 12.4. The molecule has 0 aliphatic carbocycles. The Morgan fingerprint density at radius 1 is 1.24 bits per heavy atom. The summed E-state index contributed by atoms with van der Waals surface area (Å²) in [5.41, 5.74) is 6.64. The van der Waals surface area contributed by atoms with Crippen LogP contribution in [0.2, 0.25) is 5.02 Å². The van der Waals surface area contributed by atoms with Crippen molar-refractivity contribution in [2.45, 2.75) is 25.7 Å². The number of benzene rings is 1. The fraction of sp³-hybridized carbons (Fsp3) is 0.368. The van der Waals surface area contributed by atoms with Gasteiger partial charge in [0.05, 0.1) is 5.69 Å². The molecule has 1 aliphatic rings. The van der Waals surface area contributed by atoms with Gasteiger partial charge in [0.25, 0.3) is 0 Å². The van der Waals surface area contributed by atoms with Crippen LogP contribution < -0.4 is 16.4 Å². The topological polar surface area (TPSA) is 117 Å². The Morgan fingerprint density at radius 2 is 2.00 bits per heavy atom. The van der Waals surface area contributed by atoms with Crippen molar-refractivity contribution in [1.29, 1.82) is 0 Å². The Kier molecular flexibility index (Phi) is 7.05. The Balaban J connectivity index is 1.43. The van der Waals surface area contributed by atoms with Crippen LogP contribution in [0.4, 0.5) is 15.6 Å². The van der Waals surface area contributed by atoms with Crippen molar-refractivity contribution in [2.24, 2.45) is 11.7 Å². The summed E-state index contributed by atoms with van der Waals surface area (Å²) in [4.78, 5) is 41.7. The molecule has 4 N–H and O–H groups in total. The van der Waals surface area contributed by atoms with Crippen LogP contribution in [0.15, 0.2) is 29.6 Å². The molecule has 0 radical (unpaired) electrons. The number of halogens is 1. The molecule has 29 heavy (non-hydrogen) atoms. The molecule has 0 bridgehead atoms. The summed E-state index contributed by atoms with van der Waals surface area (Å²) in [5, 5.41) is 8.16. The molecule has 154 valence electrons. The van der Waals surface area contributed by atoms with Gasteiger partial charge in [-0.15, -0.1) is 11.3 Å². The fourth-order valence-electron chi connectivity index (χ4n) is 3.11. The highest BCUT2D eigenvalue weighted by atomic mass is 35.5. The molecule has 1 aromatic heterocycles.